The van der Waals surface area contributed by atoms with Crippen LogP contribution in [0, 0.1) is 6.92 Å². The van der Waals surface area contributed by atoms with Crippen LogP contribution in [0.4, 0.5) is 13.2 Å². The van der Waals surface area contributed by atoms with Crippen LogP contribution in [0.15, 0.2) is 42.6 Å². The van der Waals surface area contributed by atoms with Crippen molar-refractivity contribution in [2.45, 2.75) is 13.1 Å². The summed E-state index contributed by atoms with van der Waals surface area (Å²) in [5.74, 6) is -0.391. The predicted molar refractivity (Wildman–Crippen MR) is 63.9 cm³/mol. The summed E-state index contributed by atoms with van der Waals surface area (Å²) >= 11 is 0. The highest BCUT2D eigenvalue weighted by Crippen LogP contribution is 2.28. The Morgan fingerprint density at radius 1 is 1.16 bits per heavy atom. The quantitative estimate of drug-likeness (QED) is 0.776. The number of carbonyl (C=O) groups excluding carboxylic acids is 1. The summed E-state index contributed by atoms with van der Waals surface area (Å²) in [6.07, 6.45) is -3.78. The second-order valence-corrected chi connectivity index (χ2v) is 4.13. The van der Waals surface area contributed by atoms with E-state index >= 15 is 0 Å². The molecular formula is C14H10F3NO. The van der Waals surface area contributed by atoms with Gasteiger partial charge in [-0.2, -0.15) is 13.2 Å². The molecule has 5 heteroatoms. The van der Waals surface area contributed by atoms with Crippen LogP contribution < -0.4 is 0 Å². The fourth-order valence-corrected chi connectivity index (χ4v) is 1.63. The Labute approximate surface area is 107 Å². The van der Waals surface area contributed by atoms with Gasteiger partial charge in [-0.25, -0.2) is 0 Å². The Morgan fingerprint density at radius 2 is 1.89 bits per heavy atom. The summed E-state index contributed by atoms with van der Waals surface area (Å²) in [6, 6.07) is 8.77. The van der Waals surface area contributed by atoms with Crippen LogP contribution in [-0.2, 0) is 6.18 Å². The highest BCUT2D eigenvalue weighted by atomic mass is 19.4. The van der Waals surface area contributed by atoms with E-state index < -0.39 is 17.5 Å². The maximum atomic E-state index is 12.4. The molecule has 19 heavy (non-hydrogen) atoms. The monoisotopic (exact) mass is 265 g/mol. The standard InChI is InChI=1S/C14H10F3NO/c1-9-3-2-4-10(7-9)13(19)12-6-5-11(8-18-12)14(15,16)17/h2-8H,1H3. The number of carbonyl (C=O) groups is 1. The predicted octanol–water partition coefficient (Wildman–Crippen LogP) is 3.64. The number of hydrogen-bond acceptors (Lipinski definition) is 2. The molecule has 2 nitrogen and oxygen atoms in total. The van der Waals surface area contributed by atoms with E-state index in [4.69, 9.17) is 0 Å². The van der Waals surface area contributed by atoms with Crippen LogP contribution in [0.3, 0.4) is 0 Å². The summed E-state index contributed by atoms with van der Waals surface area (Å²) in [5, 5.41) is 0. The van der Waals surface area contributed by atoms with Crippen LogP contribution in [-0.4, -0.2) is 10.8 Å². The SMILES string of the molecule is Cc1cccc(C(=O)c2ccc(C(F)(F)F)cn2)c1. The van der Waals surface area contributed by atoms with Gasteiger partial charge in [-0.3, -0.25) is 9.78 Å². The van der Waals surface area contributed by atoms with E-state index in [1.807, 2.05) is 13.0 Å². The van der Waals surface area contributed by atoms with Crippen molar-refractivity contribution in [3.8, 4) is 0 Å². The minimum atomic E-state index is -4.45. The Balaban J connectivity index is 2.30. The van der Waals surface area contributed by atoms with Crippen LogP contribution >= 0.6 is 0 Å². The van der Waals surface area contributed by atoms with Gasteiger partial charge in [0.25, 0.3) is 0 Å². The van der Waals surface area contributed by atoms with Crippen molar-refractivity contribution in [1.29, 1.82) is 0 Å². The molecule has 0 saturated heterocycles. The van der Waals surface area contributed by atoms with Gasteiger partial charge in [-0.15, -0.1) is 0 Å². The zero-order chi connectivity index (χ0) is 14.0. The number of ketones is 1. The molecule has 98 valence electrons. The van der Waals surface area contributed by atoms with Crippen LogP contribution in [0.2, 0.25) is 0 Å². The van der Waals surface area contributed by atoms with Gasteiger partial charge in [0, 0.05) is 11.8 Å². The fourth-order valence-electron chi connectivity index (χ4n) is 1.63. The Morgan fingerprint density at radius 3 is 2.42 bits per heavy atom. The lowest BCUT2D eigenvalue weighted by Gasteiger charge is -2.06. The largest absolute Gasteiger partial charge is 0.417 e. The van der Waals surface area contributed by atoms with Crippen molar-refractivity contribution in [1.82, 2.24) is 4.98 Å². The van der Waals surface area contributed by atoms with Gasteiger partial charge in [0.15, 0.2) is 0 Å². The second kappa shape index (κ2) is 4.84. The number of alkyl halides is 3. The van der Waals surface area contributed by atoms with E-state index in [2.05, 4.69) is 4.98 Å². The normalized spacial score (nSPS) is 11.4. The zero-order valence-electron chi connectivity index (χ0n) is 10.0. The van der Waals surface area contributed by atoms with Crippen LogP contribution in [0.1, 0.15) is 27.2 Å². The molecule has 0 unspecified atom stereocenters. The lowest BCUT2D eigenvalue weighted by molar-refractivity contribution is -0.137. The minimum Gasteiger partial charge on any atom is -0.287 e. The van der Waals surface area contributed by atoms with Crippen LogP contribution in [0.25, 0.3) is 0 Å². The molecule has 0 bridgehead atoms. The average molecular weight is 265 g/mol. The number of aromatic nitrogens is 1. The maximum absolute atomic E-state index is 12.4. The molecule has 1 aromatic carbocycles. The van der Waals surface area contributed by atoms with Crippen LogP contribution in [0.5, 0.6) is 0 Å². The van der Waals surface area contributed by atoms with Gasteiger partial charge in [-0.1, -0.05) is 23.8 Å². The molecule has 0 aliphatic heterocycles. The van der Waals surface area contributed by atoms with Gasteiger partial charge in [0.2, 0.25) is 5.78 Å². The summed E-state index contributed by atoms with van der Waals surface area (Å²) in [4.78, 5) is 15.6. The molecule has 0 N–H and O–H groups in total. The average Bonchev–Trinajstić information content (AvgIpc) is 2.37. The smallest absolute Gasteiger partial charge is 0.287 e. The molecule has 0 spiro atoms. The second-order valence-electron chi connectivity index (χ2n) is 4.13. The molecule has 1 heterocycles. The summed E-state index contributed by atoms with van der Waals surface area (Å²) < 4.78 is 37.1. The van der Waals surface area contributed by atoms with Crippen molar-refractivity contribution >= 4 is 5.78 Å². The van der Waals surface area contributed by atoms with Crippen molar-refractivity contribution in [3.05, 3.63) is 65.0 Å². The van der Waals surface area contributed by atoms with E-state index in [1.165, 1.54) is 0 Å². The molecule has 1 aromatic heterocycles. The maximum Gasteiger partial charge on any atom is 0.417 e. The number of nitrogens with zero attached hydrogens (tertiary/aromatic N) is 1. The topological polar surface area (TPSA) is 30.0 Å². The molecule has 0 radical (unpaired) electrons. The fraction of sp³-hybridized carbons (Fsp3) is 0.143. The third-order valence-electron chi connectivity index (χ3n) is 2.60. The van der Waals surface area contributed by atoms with Gasteiger partial charge in [-0.05, 0) is 25.1 Å². The van der Waals surface area contributed by atoms with E-state index in [9.17, 15) is 18.0 Å². The summed E-state index contributed by atoms with van der Waals surface area (Å²) in [5.41, 5.74) is 0.442. The van der Waals surface area contributed by atoms with E-state index in [-0.39, 0.29) is 5.69 Å². The molecule has 2 aromatic rings. The molecule has 0 aliphatic carbocycles. The number of aryl methyl sites for hydroxylation is 1. The Bertz CT molecular complexity index is 603. The van der Waals surface area contributed by atoms with Gasteiger partial charge < -0.3 is 0 Å². The minimum absolute atomic E-state index is 0.00130. The lowest BCUT2D eigenvalue weighted by atomic mass is 10.0. The summed E-state index contributed by atoms with van der Waals surface area (Å²) in [6.45, 7) is 1.83. The summed E-state index contributed by atoms with van der Waals surface area (Å²) in [7, 11) is 0. The van der Waals surface area contributed by atoms with Gasteiger partial charge in [0.05, 0.1) is 5.56 Å². The first-order valence-electron chi connectivity index (χ1n) is 5.52. The molecule has 0 fully saturated rings. The molecule has 0 aliphatic rings. The molecule has 0 saturated carbocycles. The number of rotatable bonds is 2. The number of pyridine rings is 1. The van der Waals surface area contributed by atoms with Crippen molar-refractivity contribution < 1.29 is 18.0 Å². The molecular weight excluding hydrogens is 255 g/mol. The highest BCUT2D eigenvalue weighted by molar-refractivity contribution is 6.07. The number of halogens is 3. The molecule has 2 rings (SSSR count). The van der Waals surface area contributed by atoms with Gasteiger partial charge in [0.1, 0.15) is 5.69 Å². The van der Waals surface area contributed by atoms with Crippen molar-refractivity contribution in [2.24, 2.45) is 0 Å². The van der Waals surface area contributed by atoms with Crippen molar-refractivity contribution in [2.75, 3.05) is 0 Å². The number of benzene rings is 1. The lowest BCUT2D eigenvalue weighted by Crippen LogP contribution is -2.09. The first-order chi connectivity index (χ1) is 8.88. The van der Waals surface area contributed by atoms with E-state index in [1.54, 1.807) is 18.2 Å². The Hall–Kier alpha value is -2.17. The first kappa shape index (κ1) is 13.3. The van der Waals surface area contributed by atoms with Crippen molar-refractivity contribution in [3.63, 3.8) is 0 Å². The molecule has 0 amide bonds. The highest BCUT2D eigenvalue weighted by Gasteiger charge is 2.30. The zero-order valence-corrected chi connectivity index (χ0v) is 10.0. The van der Waals surface area contributed by atoms with E-state index in [0.717, 1.165) is 17.7 Å². The van der Waals surface area contributed by atoms with Gasteiger partial charge >= 0.3 is 6.18 Å². The first-order valence-corrected chi connectivity index (χ1v) is 5.52. The Kier molecular flexibility index (Phi) is 3.38. The van der Waals surface area contributed by atoms with E-state index in [0.29, 0.717) is 11.8 Å². The molecule has 0 atom stereocenters. The third kappa shape index (κ3) is 2.99. The third-order valence-corrected chi connectivity index (χ3v) is 2.60. The number of hydrogen-bond donors (Lipinski definition) is 0.